The van der Waals surface area contributed by atoms with E-state index in [0.717, 1.165) is 44.9 Å². The van der Waals surface area contributed by atoms with Gasteiger partial charge in [0.05, 0.1) is 6.04 Å². The predicted molar refractivity (Wildman–Crippen MR) is 151 cm³/mol. The lowest BCUT2D eigenvalue weighted by Crippen LogP contribution is -2.61. The number of hydrogen-bond acceptors (Lipinski definition) is 6. The van der Waals surface area contributed by atoms with Crippen molar-refractivity contribution >= 4 is 29.6 Å². The summed E-state index contributed by atoms with van der Waals surface area (Å²) in [6.45, 7) is 13.8. The fraction of sp³-hybridized carbons (Fsp3) is 0.833. The smallest absolute Gasteiger partial charge is 0.408 e. The Hall–Kier alpha value is -2.65. The normalized spacial score (nSPS) is 31.2. The molecule has 2 aliphatic heterocycles. The van der Waals surface area contributed by atoms with Gasteiger partial charge in [0.25, 0.3) is 5.91 Å². The number of fused-ring (bicyclic) bond motifs is 3. The Morgan fingerprint density at radius 3 is 2.12 bits per heavy atom. The summed E-state index contributed by atoms with van der Waals surface area (Å²) >= 11 is 0. The highest BCUT2D eigenvalue weighted by Gasteiger charge is 2.70. The molecule has 4 amide bonds. The number of rotatable bonds is 3. The first kappa shape index (κ1) is 31.9. The standard InChI is InChI=1S/C30H50N4O6/c1-28(2,3)40-27(39)33-23-26(38)34-17-18-20(30(18,6)7)21(34)25(37)32-19(22(35)24(31)36)15-13-11-9-8-10-12-14-16-29(23,4)5/h18-21,23H,8-17H2,1-7H3,(H2,31,36)(H,32,37)(H,33,39)/t18-,19-,20?,21-,23+/m0/s1. The fourth-order valence-electron chi connectivity index (χ4n) is 6.65. The van der Waals surface area contributed by atoms with E-state index in [1.807, 2.05) is 13.8 Å². The van der Waals surface area contributed by atoms with Crippen LogP contribution in [-0.2, 0) is 23.9 Å². The van der Waals surface area contributed by atoms with Gasteiger partial charge in [-0.15, -0.1) is 0 Å². The molecule has 2 heterocycles. The monoisotopic (exact) mass is 562 g/mol. The van der Waals surface area contributed by atoms with Crippen molar-refractivity contribution in [1.82, 2.24) is 15.5 Å². The minimum absolute atomic E-state index is 0.0897. The second kappa shape index (κ2) is 12.1. The van der Waals surface area contributed by atoms with Gasteiger partial charge in [-0.25, -0.2) is 4.79 Å². The minimum Gasteiger partial charge on any atom is -0.444 e. The molecular formula is C30H50N4O6. The highest BCUT2D eigenvalue weighted by molar-refractivity contribution is 6.37. The van der Waals surface area contributed by atoms with Crippen molar-refractivity contribution in [3.05, 3.63) is 0 Å². The molecule has 0 bridgehead atoms. The van der Waals surface area contributed by atoms with Crippen LogP contribution < -0.4 is 16.4 Å². The summed E-state index contributed by atoms with van der Waals surface area (Å²) < 4.78 is 5.51. The van der Waals surface area contributed by atoms with Crippen molar-refractivity contribution in [3.63, 3.8) is 0 Å². The lowest BCUT2D eigenvalue weighted by molar-refractivity contribution is -0.145. The van der Waals surface area contributed by atoms with Gasteiger partial charge in [-0.05, 0) is 56.3 Å². The van der Waals surface area contributed by atoms with E-state index in [1.54, 1.807) is 25.7 Å². The SMILES string of the molecule is CC(C)(C)OC(=O)N[C@@H]1C(=O)N2C[C@H]3C([C@H]2C(=O)N[C@H](C(=O)C(N)=O)CCCCCCCCCC1(C)C)C3(C)C. The van der Waals surface area contributed by atoms with Crippen LogP contribution in [0.1, 0.15) is 106 Å². The van der Waals surface area contributed by atoms with Crippen LogP contribution in [0.4, 0.5) is 4.79 Å². The first-order chi connectivity index (χ1) is 18.5. The van der Waals surface area contributed by atoms with Gasteiger partial charge in [0, 0.05) is 6.54 Å². The van der Waals surface area contributed by atoms with Crippen LogP contribution in [0, 0.1) is 22.7 Å². The molecule has 0 aromatic rings. The van der Waals surface area contributed by atoms with Gasteiger partial charge < -0.3 is 26.0 Å². The Bertz CT molecular complexity index is 1000. The molecule has 0 aromatic heterocycles. The summed E-state index contributed by atoms with van der Waals surface area (Å²) in [6, 6.07) is -2.74. The van der Waals surface area contributed by atoms with Crippen molar-refractivity contribution in [1.29, 1.82) is 0 Å². The van der Waals surface area contributed by atoms with Gasteiger partial charge in [0.1, 0.15) is 17.7 Å². The third kappa shape index (κ3) is 7.35. The topological polar surface area (TPSA) is 148 Å². The molecule has 226 valence electrons. The highest BCUT2D eigenvalue weighted by atomic mass is 16.6. The van der Waals surface area contributed by atoms with Crippen LogP contribution in [0.25, 0.3) is 0 Å². The zero-order valence-electron chi connectivity index (χ0n) is 25.4. The van der Waals surface area contributed by atoms with Crippen LogP contribution in [0.2, 0.25) is 0 Å². The number of hydrogen-bond donors (Lipinski definition) is 3. The maximum absolute atomic E-state index is 14.3. The van der Waals surface area contributed by atoms with Gasteiger partial charge in [-0.2, -0.15) is 0 Å². The molecule has 1 unspecified atom stereocenters. The van der Waals surface area contributed by atoms with Crippen molar-refractivity contribution in [2.24, 2.45) is 28.4 Å². The van der Waals surface area contributed by atoms with E-state index in [0.29, 0.717) is 19.4 Å². The zero-order valence-corrected chi connectivity index (χ0v) is 25.4. The van der Waals surface area contributed by atoms with E-state index in [1.165, 1.54) is 0 Å². The Balaban J connectivity index is 1.96. The van der Waals surface area contributed by atoms with Gasteiger partial charge in [0.2, 0.25) is 17.6 Å². The average molecular weight is 563 g/mol. The quantitative estimate of drug-likeness (QED) is 0.449. The van der Waals surface area contributed by atoms with E-state index in [9.17, 15) is 24.0 Å². The first-order valence-electron chi connectivity index (χ1n) is 14.9. The van der Waals surface area contributed by atoms with Crippen LogP contribution in [0.15, 0.2) is 0 Å². The Labute approximate surface area is 238 Å². The molecule has 3 fully saturated rings. The Morgan fingerprint density at radius 2 is 1.55 bits per heavy atom. The van der Waals surface area contributed by atoms with E-state index < -0.39 is 52.8 Å². The Kier molecular flexibility index (Phi) is 9.62. The minimum atomic E-state index is -1.08. The van der Waals surface area contributed by atoms with Gasteiger partial charge in [0.15, 0.2) is 0 Å². The molecule has 10 nitrogen and oxygen atoms in total. The number of carbonyl (C=O) groups excluding carboxylic acids is 5. The average Bonchev–Trinajstić information content (AvgIpc) is 3.15. The number of Topliss-reactive ketones (excluding diaryl/α,β-unsaturated/α-hetero) is 1. The van der Waals surface area contributed by atoms with Gasteiger partial charge in [-0.1, -0.05) is 72.6 Å². The lowest BCUT2D eigenvalue weighted by atomic mass is 9.78. The lowest BCUT2D eigenvalue weighted by Gasteiger charge is -2.39. The summed E-state index contributed by atoms with van der Waals surface area (Å²) in [7, 11) is 0. The van der Waals surface area contributed by atoms with Crippen molar-refractivity contribution < 1.29 is 28.7 Å². The molecule has 0 radical (unpaired) electrons. The number of nitrogens with one attached hydrogen (secondary N) is 2. The van der Waals surface area contributed by atoms with Crippen molar-refractivity contribution in [2.45, 2.75) is 130 Å². The Morgan fingerprint density at radius 1 is 0.975 bits per heavy atom. The molecule has 4 N–H and O–H groups in total. The first-order valence-corrected chi connectivity index (χ1v) is 14.9. The number of carbonyl (C=O) groups is 5. The maximum Gasteiger partial charge on any atom is 0.408 e. The number of amides is 4. The highest BCUT2D eigenvalue weighted by Crippen LogP contribution is 2.65. The molecule has 3 aliphatic rings. The molecule has 3 rings (SSSR count). The molecular weight excluding hydrogens is 512 g/mol. The second-order valence-electron chi connectivity index (χ2n) is 14.3. The fourth-order valence-corrected chi connectivity index (χ4v) is 6.65. The third-order valence-corrected chi connectivity index (χ3v) is 9.14. The number of ether oxygens (including phenoxy) is 1. The summed E-state index contributed by atoms with van der Waals surface area (Å²) in [5.74, 6) is -2.66. The van der Waals surface area contributed by atoms with Crippen LogP contribution in [0.3, 0.4) is 0 Å². The van der Waals surface area contributed by atoms with Crippen molar-refractivity contribution in [3.8, 4) is 0 Å². The second-order valence-corrected chi connectivity index (χ2v) is 14.3. The summed E-state index contributed by atoms with van der Waals surface area (Å²) in [5, 5.41) is 5.64. The number of ketones is 1. The number of nitrogens with two attached hydrogens (primary N) is 1. The van der Waals surface area contributed by atoms with Gasteiger partial charge in [-0.3, -0.25) is 19.2 Å². The van der Waals surface area contributed by atoms with Gasteiger partial charge >= 0.3 is 6.09 Å². The van der Waals surface area contributed by atoms with E-state index >= 15 is 0 Å². The van der Waals surface area contributed by atoms with Crippen LogP contribution in [0.5, 0.6) is 0 Å². The van der Waals surface area contributed by atoms with E-state index in [4.69, 9.17) is 10.5 Å². The zero-order chi connectivity index (χ0) is 30.0. The van der Waals surface area contributed by atoms with Crippen LogP contribution in [-0.4, -0.2) is 64.8 Å². The largest absolute Gasteiger partial charge is 0.444 e. The molecule has 0 spiro atoms. The van der Waals surface area contributed by atoms with E-state index in [-0.39, 0.29) is 23.2 Å². The van der Waals surface area contributed by atoms with E-state index in [2.05, 4.69) is 24.5 Å². The number of alkyl carbamates (subject to hydrolysis) is 1. The molecule has 2 saturated heterocycles. The molecule has 1 saturated carbocycles. The number of nitrogens with zero attached hydrogens (tertiary/aromatic N) is 1. The number of primary amides is 1. The number of piperidine rings is 1. The molecule has 1 aliphatic carbocycles. The predicted octanol–water partition coefficient (Wildman–Crippen LogP) is 3.45. The third-order valence-electron chi connectivity index (χ3n) is 9.14. The summed E-state index contributed by atoms with van der Waals surface area (Å²) in [4.78, 5) is 67.0. The molecule has 5 atom stereocenters. The molecule has 0 aromatic carbocycles. The van der Waals surface area contributed by atoms with Crippen molar-refractivity contribution in [2.75, 3.05) is 6.54 Å². The molecule has 10 heteroatoms. The summed E-state index contributed by atoms with van der Waals surface area (Å²) in [5.41, 5.74) is 3.83. The molecule has 40 heavy (non-hydrogen) atoms. The summed E-state index contributed by atoms with van der Waals surface area (Å²) in [6.07, 6.45) is 6.91. The maximum atomic E-state index is 14.3. The van der Waals surface area contributed by atoms with Crippen LogP contribution >= 0.6 is 0 Å².